The lowest BCUT2D eigenvalue weighted by atomic mass is 9.70. The molecule has 0 radical (unpaired) electrons. The number of aromatic nitrogens is 3. The first-order valence-corrected chi connectivity index (χ1v) is 11.1. The van der Waals surface area contributed by atoms with Crippen LogP contribution in [0.4, 0.5) is 13.2 Å². The summed E-state index contributed by atoms with van der Waals surface area (Å²) in [5, 5.41) is 17.9. The first-order valence-electron chi connectivity index (χ1n) is 11.1. The Bertz CT molecular complexity index is 1090. The molecule has 3 N–H and O–H groups in total. The van der Waals surface area contributed by atoms with E-state index in [0.717, 1.165) is 24.7 Å². The fourth-order valence-electron chi connectivity index (χ4n) is 5.05. The average molecular weight is 472 g/mol. The number of hydrogen-bond acceptors (Lipinski definition) is 8. The number of amides is 1. The van der Waals surface area contributed by atoms with Gasteiger partial charge in [0.2, 0.25) is 5.91 Å². The first kappa shape index (κ1) is 22.6. The van der Waals surface area contributed by atoms with Gasteiger partial charge in [-0.15, -0.1) is 0 Å². The minimum absolute atomic E-state index is 0.0818. The molecule has 0 bridgehead atoms. The number of fused-ring (bicyclic) bond motifs is 1. The fourth-order valence-corrected chi connectivity index (χ4v) is 5.05. The third kappa shape index (κ3) is 3.89. The fraction of sp³-hybridized carbons (Fsp3) is 0.500. The molecule has 3 aliphatic rings. The Morgan fingerprint density at radius 2 is 1.97 bits per heavy atom. The van der Waals surface area contributed by atoms with E-state index in [2.05, 4.69) is 37.1 Å². The van der Waals surface area contributed by atoms with Crippen molar-refractivity contribution in [2.75, 3.05) is 0 Å². The van der Waals surface area contributed by atoms with Crippen LogP contribution in [-0.2, 0) is 11.0 Å². The number of carbonyl (C=O) groups is 1. The van der Waals surface area contributed by atoms with E-state index in [1.165, 1.54) is 12.3 Å². The molecule has 9 nitrogen and oxygen atoms in total. The molecule has 3 fully saturated rings. The highest BCUT2D eigenvalue weighted by atomic mass is 19.4. The van der Waals surface area contributed by atoms with Crippen molar-refractivity contribution < 1.29 is 18.0 Å². The SMILES string of the molecule is C[C@@H](c1ccc(C(F)(F)F)nc1)N1NC(C#N)C2C(=O)NC([C@H]3CC[C@@H]3c3ncccn3)NC21. The minimum Gasteiger partial charge on any atom is -0.340 e. The second kappa shape index (κ2) is 8.57. The zero-order valence-electron chi connectivity index (χ0n) is 18.2. The first-order chi connectivity index (χ1) is 16.3. The lowest BCUT2D eigenvalue weighted by Gasteiger charge is -2.47. The highest BCUT2D eigenvalue weighted by Crippen LogP contribution is 2.44. The van der Waals surface area contributed by atoms with Crippen molar-refractivity contribution in [2.45, 2.75) is 56.3 Å². The number of carbonyl (C=O) groups excluding carboxylic acids is 1. The molecule has 12 heteroatoms. The van der Waals surface area contributed by atoms with Crippen LogP contribution in [0.2, 0.25) is 0 Å². The van der Waals surface area contributed by atoms with Gasteiger partial charge in [0.1, 0.15) is 17.6 Å². The Hall–Kier alpha value is -3.14. The second-order valence-corrected chi connectivity index (χ2v) is 8.87. The van der Waals surface area contributed by atoms with Gasteiger partial charge in [0.05, 0.1) is 24.3 Å². The van der Waals surface area contributed by atoms with Gasteiger partial charge in [-0.25, -0.2) is 20.4 Å². The molecule has 1 aliphatic carbocycles. The summed E-state index contributed by atoms with van der Waals surface area (Å²) in [4.78, 5) is 25.3. The zero-order chi connectivity index (χ0) is 24.0. The maximum Gasteiger partial charge on any atom is 0.433 e. The lowest BCUT2D eigenvalue weighted by molar-refractivity contribution is -0.141. The molecular formula is C22H23F3N8O. The smallest absolute Gasteiger partial charge is 0.340 e. The summed E-state index contributed by atoms with van der Waals surface area (Å²) in [7, 11) is 0. The average Bonchev–Trinajstić information content (AvgIpc) is 3.17. The molecule has 2 aromatic heterocycles. The van der Waals surface area contributed by atoms with Gasteiger partial charge in [-0.05, 0) is 37.5 Å². The summed E-state index contributed by atoms with van der Waals surface area (Å²) in [6, 6.07) is 4.95. The van der Waals surface area contributed by atoms with Gasteiger partial charge >= 0.3 is 6.18 Å². The summed E-state index contributed by atoms with van der Waals surface area (Å²) in [6.07, 6.45) is 0.955. The van der Waals surface area contributed by atoms with Gasteiger partial charge in [0.15, 0.2) is 0 Å². The molecule has 2 saturated heterocycles. The van der Waals surface area contributed by atoms with Crippen LogP contribution in [0.25, 0.3) is 0 Å². The Morgan fingerprint density at radius 3 is 2.56 bits per heavy atom. The number of alkyl halides is 3. The molecule has 4 unspecified atom stereocenters. The van der Waals surface area contributed by atoms with Crippen LogP contribution in [0.3, 0.4) is 0 Å². The molecule has 0 spiro atoms. The van der Waals surface area contributed by atoms with Crippen LogP contribution in [-0.4, -0.2) is 44.2 Å². The number of nitrogens with zero attached hydrogens (tertiary/aromatic N) is 5. The predicted octanol–water partition coefficient (Wildman–Crippen LogP) is 1.85. The van der Waals surface area contributed by atoms with Crippen molar-refractivity contribution >= 4 is 5.91 Å². The number of rotatable bonds is 4. The lowest BCUT2D eigenvalue weighted by Crippen LogP contribution is -2.68. The van der Waals surface area contributed by atoms with Gasteiger partial charge in [-0.3, -0.25) is 15.1 Å². The minimum atomic E-state index is -4.53. The van der Waals surface area contributed by atoms with Gasteiger partial charge in [0.25, 0.3) is 0 Å². The maximum absolute atomic E-state index is 13.1. The number of pyridine rings is 1. The van der Waals surface area contributed by atoms with Crippen LogP contribution < -0.4 is 16.1 Å². The Balaban J connectivity index is 1.37. The van der Waals surface area contributed by atoms with E-state index in [4.69, 9.17) is 0 Å². The topological polar surface area (TPSA) is 119 Å². The zero-order valence-corrected chi connectivity index (χ0v) is 18.2. The molecule has 1 saturated carbocycles. The molecular weight excluding hydrogens is 449 g/mol. The van der Waals surface area contributed by atoms with Crippen LogP contribution in [0.1, 0.15) is 48.8 Å². The third-order valence-corrected chi connectivity index (χ3v) is 7.03. The van der Waals surface area contributed by atoms with Crippen molar-refractivity contribution in [3.05, 3.63) is 53.9 Å². The van der Waals surface area contributed by atoms with Crippen molar-refractivity contribution in [1.82, 2.24) is 36.0 Å². The number of nitrogens with one attached hydrogen (secondary N) is 3. The Morgan fingerprint density at radius 1 is 1.21 bits per heavy atom. The number of hydrogen-bond donors (Lipinski definition) is 3. The van der Waals surface area contributed by atoms with Gasteiger partial charge in [0, 0.05) is 36.5 Å². The van der Waals surface area contributed by atoms with Crippen LogP contribution in [0, 0.1) is 23.2 Å². The summed E-state index contributed by atoms with van der Waals surface area (Å²) in [6.45, 7) is 1.79. The molecule has 7 atom stereocenters. The van der Waals surface area contributed by atoms with Gasteiger partial charge in [-0.2, -0.15) is 18.4 Å². The normalized spacial score (nSPS) is 32.3. The third-order valence-electron chi connectivity index (χ3n) is 7.03. The predicted molar refractivity (Wildman–Crippen MR) is 112 cm³/mol. The highest BCUT2D eigenvalue weighted by molar-refractivity contribution is 5.82. The quantitative estimate of drug-likeness (QED) is 0.617. The van der Waals surface area contributed by atoms with E-state index in [1.54, 1.807) is 30.4 Å². The van der Waals surface area contributed by atoms with E-state index in [0.29, 0.717) is 5.56 Å². The van der Waals surface area contributed by atoms with E-state index >= 15 is 0 Å². The number of hydrazine groups is 1. The van der Waals surface area contributed by atoms with E-state index in [-0.39, 0.29) is 23.9 Å². The van der Waals surface area contributed by atoms with E-state index in [9.17, 15) is 23.2 Å². The molecule has 0 aromatic carbocycles. The maximum atomic E-state index is 13.1. The summed E-state index contributed by atoms with van der Waals surface area (Å²) in [5.41, 5.74) is 2.63. The number of halogens is 3. The molecule has 5 rings (SSSR count). The molecule has 178 valence electrons. The molecule has 2 aromatic rings. The largest absolute Gasteiger partial charge is 0.433 e. The number of nitriles is 1. The summed E-state index contributed by atoms with van der Waals surface area (Å²) in [5.74, 6) is -0.0114. The molecule has 1 amide bonds. The van der Waals surface area contributed by atoms with Crippen LogP contribution in [0.15, 0.2) is 36.8 Å². The van der Waals surface area contributed by atoms with Crippen molar-refractivity contribution in [3.8, 4) is 6.07 Å². The Kier molecular flexibility index (Phi) is 5.71. The summed E-state index contributed by atoms with van der Waals surface area (Å²) >= 11 is 0. The van der Waals surface area contributed by atoms with Crippen molar-refractivity contribution in [2.24, 2.45) is 11.8 Å². The van der Waals surface area contributed by atoms with Crippen molar-refractivity contribution in [1.29, 1.82) is 5.26 Å². The van der Waals surface area contributed by atoms with Crippen LogP contribution >= 0.6 is 0 Å². The molecule has 2 aliphatic heterocycles. The van der Waals surface area contributed by atoms with E-state index in [1.807, 2.05) is 0 Å². The van der Waals surface area contributed by atoms with Gasteiger partial charge < -0.3 is 5.32 Å². The van der Waals surface area contributed by atoms with Crippen molar-refractivity contribution in [3.63, 3.8) is 0 Å². The monoisotopic (exact) mass is 472 g/mol. The molecule has 34 heavy (non-hydrogen) atoms. The van der Waals surface area contributed by atoms with Crippen LogP contribution in [0.5, 0.6) is 0 Å². The Labute approximate surface area is 193 Å². The standard InChI is InChI=1S/C22H23F3N8O/c1-11(12-3-6-16(29-10-12)22(23,24)25)33-20-17(15(9-26)32-33)21(34)31-19(30-20)14-5-4-13(14)18-27-7-2-8-28-18/h2-3,6-8,10-11,13-15,17,19-20,30,32H,4-5H2,1H3,(H,31,34)/t11-,13-,14-,15?,17?,19?,20?/m0/s1. The highest BCUT2D eigenvalue weighted by Gasteiger charge is 2.54. The van der Waals surface area contributed by atoms with Gasteiger partial charge in [-0.1, -0.05) is 6.07 Å². The second-order valence-electron chi connectivity index (χ2n) is 8.87. The summed E-state index contributed by atoms with van der Waals surface area (Å²) < 4.78 is 38.7. The molecule has 4 heterocycles. The van der Waals surface area contributed by atoms with E-state index < -0.39 is 36.0 Å².